The second kappa shape index (κ2) is 9.40. The zero-order valence-corrected chi connectivity index (χ0v) is 12.1. The topological polar surface area (TPSA) is 84.7 Å². The number of nitrogens with zero attached hydrogens (tertiary/aromatic N) is 3. The fourth-order valence-electron chi connectivity index (χ4n) is 1.44. The molecule has 0 amide bonds. The summed E-state index contributed by atoms with van der Waals surface area (Å²) in [7, 11) is 3.16. The first-order valence-electron chi connectivity index (χ1n) is 6.33. The molecule has 0 radical (unpaired) electrons. The zero-order chi connectivity index (χ0) is 14.8. The van der Waals surface area contributed by atoms with Crippen LogP contribution < -0.4 is 0 Å². The lowest BCUT2D eigenvalue weighted by molar-refractivity contribution is 0.0380. The van der Waals surface area contributed by atoms with Gasteiger partial charge in [-0.1, -0.05) is 5.21 Å². The van der Waals surface area contributed by atoms with Crippen LogP contribution in [0.25, 0.3) is 0 Å². The predicted molar refractivity (Wildman–Crippen MR) is 69.6 cm³/mol. The van der Waals surface area contributed by atoms with Crippen LogP contribution >= 0.6 is 0 Å². The van der Waals surface area contributed by atoms with Crippen molar-refractivity contribution in [1.82, 2.24) is 15.0 Å². The molecule has 20 heavy (non-hydrogen) atoms. The largest absolute Gasteiger partial charge is 0.458 e. The van der Waals surface area contributed by atoms with Crippen molar-refractivity contribution in [1.29, 1.82) is 0 Å². The van der Waals surface area contributed by atoms with Gasteiger partial charge in [-0.05, 0) is 6.92 Å². The van der Waals surface area contributed by atoms with E-state index in [9.17, 15) is 4.79 Å². The highest BCUT2D eigenvalue weighted by molar-refractivity contribution is 5.88. The Balaban J connectivity index is 2.41. The van der Waals surface area contributed by atoms with E-state index in [1.807, 2.05) is 0 Å². The van der Waals surface area contributed by atoms with E-state index in [-0.39, 0.29) is 12.3 Å². The Morgan fingerprint density at radius 1 is 1.10 bits per heavy atom. The summed E-state index contributed by atoms with van der Waals surface area (Å²) in [6.45, 7) is 4.39. The van der Waals surface area contributed by atoms with E-state index < -0.39 is 5.97 Å². The van der Waals surface area contributed by atoms with Gasteiger partial charge in [0.25, 0.3) is 0 Å². The fourth-order valence-corrected chi connectivity index (χ4v) is 1.44. The summed E-state index contributed by atoms with van der Waals surface area (Å²) in [5, 5.41) is 7.73. The van der Waals surface area contributed by atoms with Gasteiger partial charge < -0.3 is 18.9 Å². The van der Waals surface area contributed by atoms with Crippen molar-refractivity contribution in [3.63, 3.8) is 0 Å². The van der Waals surface area contributed by atoms with E-state index in [0.29, 0.717) is 38.7 Å². The molecular formula is C12H21N3O5. The average molecular weight is 287 g/mol. The minimum absolute atomic E-state index is 0.196. The molecule has 0 saturated carbocycles. The van der Waals surface area contributed by atoms with Gasteiger partial charge in [-0.3, -0.25) is 0 Å². The Morgan fingerprint density at radius 3 is 2.50 bits per heavy atom. The molecule has 0 N–H and O–H groups in total. The van der Waals surface area contributed by atoms with Crippen LogP contribution in [-0.4, -0.2) is 68.2 Å². The van der Waals surface area contributed by atoms with Gasteiger partial charge in [0.1, 0.15) is 6.61 Å². The van der Waals surface area contributed by atoms with Gasteiger partial charge in [0.05, 0.1) is 38.7 Å². The molecule has 0 atom stereocenters. The van der Waals surface area contributed by atoms with E-state index in [2.05, 4.69) is 10.3 Å². The third kappa shape index (κ3) is 5.24. The summed E-state index contributed by atoms with van der Waals surface area (Å²) >= 11 is 0. The maximum atomic E-state index is 11.7. The summed E-state index contributed by atoms with van der Waals surface area (Å²) in [5.74, 6) is -0.494. The SMILES string of the molecule is COCCOCCn1nnc(C(=O)OCCOC)c1C. The van der Waals surface area contributed by atoms with Crippen LogP contribution in [0, 0.1) is 6.92 Å². The number of aromatic nitrogens is 3. The van der Waals surface area contributed by atoms with Crippen LogP contribution in [-0.2, 0) is 25.5 Å². The number of esters is 1. The number of hydrogen-bond donors (Lipinski definition) is 0. The molecule has 0 aliphatic rings. The Hall–Kier alpha value is -1.51. The van der Waals surface area contributed by atoms with Gasteiger partial charge in [0, 0.05) is 14.2 Å². The molecular weight excluding hydrogens is 266 g/mol. The van der Waals surface area contributed by atoms with E-state index in [1.54, 1.807) is 25.8 Å². The Labute approximate surface area is 117 Å². The van der Waals surface area contributed by atoms with Crippen molar-refractivity contribution in [3.8, 4) is 0 Å². The summed E-state index contributed by atoms with van der Waals surface area (Å²) in [6, 6.07) is 0. The fraction of sp³-hybridized carbons (Fsp3) is 0.750. The molecule has 0 aliphatic heterocycles. The lowest BCUT2D eigenvalue weighted by Crippen LogP contribution is -2.13. The molecule has 114 valence electrons. The third-order valence-corrected chi connectivity index (χ3v) is 2.58. The van der Waals surface area contributed by atoms with Gasteiger partial charge >= 0.3 is 5.97 Å². The quantitative estimate of drug-likeness (QED) is 0.444. The maximum Gasteiger partial charge on any atom is 0.360 e. The molecule has 0 bridgehead atoms. The molecule has 0 unspecified atom stereocenters. The molecule has 1 rings (SSSR count). The standard InChI is InChI=1S/C12H21N3O5/c1-10-11(12(16)20-9-7-18-3)13-14-15(10)4-5-19-8-6-17-2/h4-9H2,1-3H3. The number of ether oxygens (including phenoxy) is 4. The molecule has 8 nitrogen and oxygen atoms in total. The van der Waals surface area contributed by atoms with Crippen LogP contribution in [0.3, 0.4) is 0 Å². The minimum Gasteiger partial charge on any atom is -0.458 e. The minimum atomic E-state index is -0.494. The Bertz CT molecular complexity index is 408. The van der Waals surface area contributed by atoms with Crippen molar-refractivity contribution in [2.24, 2.45) is 0 Å². The van der Waals surface area contributed by atoms with Gasteiger partial charge in [-0.25, -0.2) is 9.48 Å². The highest BCUT2D eigenvalue weighted by Gasteiger charge is 2.17. The third-order valence-electron chi connectivity index (χ3n) is 2.58. The van der Waals surface area contributed by atoms with Gasteiger partial charge in [-0.15, -0.1) is 5.10 Å². The highest BCUT2D eigenvalue weighted by atomic mass is 16.6. The monoisotopic (exact) mass is 287 g/mol. The maximum absolute atomic E-state index is 11.7. The average Bonchev–Trinajstić information content (AvgIpc) is 2.80. The molecule has 0 spiro atoms. The number of carbonyl (C=O) groups excluding carboxylic acids is 1. The zero-order valence-electron chi connectivity index (χ0n) is 12.1. The van der Waals surface area contributed by atoms with Crippen molar-refractivity contribution in [2.75, 3.05) is 47.3 Å². The van der Waals surface area contributed by atoms with Crippen molar-refractivity contribution in [2.45, 2.75) is 13.5 Å². The molecule has 1 heterocycles. The Kier molecular flexibility index (Phi) is 7.78. The van der Waals surface area contributed by atoms with Crippen molar-refractivity contribution in [3.05, 3.63) is 11.4 Å². The van der Waals surface area contributed by atoms with Crippen LogP contribution in [0.15, 0.2) is 0 Å². The van der Waals surface area contributed by atoms with Crippen LogP contribution in [0.2, 0.25) is 0 Å². The van der Waals surface area contributed by atoms with E-state index in [0.717, 1.165) is 0 Å². The first kappa shape index (κ1) is 16.5. The second-order valence-electron chi connectivity index (χ2n) is 3.98. The number of carbonyl (C=O) groups is 1. The smallest absolute Gasteiger partial charge is 0.360 e. The first-order chi connectivity index (χ1) is 9.70. The van der Waals surface area contributed by atoms with Crippen LogP contribution in [0.1, 0.15) is 16.2 Å². The molecule has 0 fully saturated rings. The summed E-state index contributed by atoms with van der Waals surface area (Å²) in [5.41, 5.74) is 0.876. The van der Waals surface area contributed by atoms with Gasteiger partial charge in [0.15, 0.2) is 5.69 Å². The number of hydrogen-bond acceptors (Lipinski definition) is 7. The predicted octanol–water partition coefficient (Wildman–Crippen LogP) is 0.0527. The van der Waals surface area contributed by atoms with Crippen LogP contribution in [0.5, 0.6) is 0 Å². The lowest BCUT2D eigenvalue weighted by atomic mass is 10.3. The molecule has 1 aromatic rings. The lowest BCUT2D eigenvalue weighted by Gasteiger charge is -2.05. The molecule has 0 aliphatic carbocycles. The summed E-state index contributed by atoms with van der Waals surface area (Å²) < 4.78 is 21.6. The van der Waals surface area contributed by atoms with Crippen LogP contribution in [0.4, 0.5) is 0 Å². The van der Waals surface area contributed by atoms with Crippen molar-refractivity contribution < 1.29 is 23.7 Å². The van der Waals surface area contributed by atoms with E-state index in [1.165, 1.54) is 0 Å². The highest BCUT2D eigenvalue weighted by Crippen LogP contribution is 2.05. The van der Waals surface area contributed by atoms with E-state index in [4.69, 9.17) is 18.9 Å². The van der Waals surface area contributed by atoms with Gasteiger partial charge in [0.2, 0.25) is 0 Å². The molecule has 0 aromatic carbocycles. The summed E-state index contributed by atoms with van der Waals surface area (Å²) in [4.78, 5) is 11.7. The molecule has 8 heteroatoms. The Morgan fingerprint density at radius 2 is 1.80 bits per heavy atom. The number of rotatable bonds is 10. The van der Waals surface area contributed by atoms with E-state index >= 15 is 0 Å². The van der Waals surface area contributed by atoms with Gasteiger partial charge in [-0.2, -0.15) is 0 Å². The normalized spacial score (nSPS) is 10.8. The first-order valence-corrected chi connectivity index (χ1v) is 6.33. The molecule has 1 aromatic heterocycles. The molecule has 0 saturated heterocycles. The second-order valence-corrected chi connectivity index (χ2v) is 3.98. The number of methoxy groups -OCH3 is 2. The van der Waals surface area contributed by atoms with Crippen molar-refractivity contribution >= 4 is 5.97 Å². The summed E-state index contributed by atoms with van der Waals surface area (Å²) in [6.07, 6.45) is 0.